The molecule has 1 fully saturated rings. The molecule has 0 saturated carbocycles. The predicted octanol–water partition coefficient (Wildman–Crippen LogP) is 2.53. The minimum absolute atomic E-state index is 0.128. The van der Waals surface area contributed by atoms with Crippen molar-refractivity contribution in [2.45, 2.75) is 31.7 Å². The number of hydrogen-bond donors (Lipinski definition) is 3. The van der Waals surface area contributed by atoms with Gasteiger partial charge >= 0.3 is 0 Å². The van der Waals surface area contributed by atoms with Crippen LogP contribution in [0.2, 0.25) is 0 Å². The van der Waals surface area contributed by atoms with E-state index in [4.69, 9.17) is 0 Å². The Morgan fingerprint density at radius 1 is 1.04 bits per heavy atom. The Balaban J connectivity index is 1.59. The second kappa shape index (κ2) is 10.6. The van der Waals surface area contributed by atoms with E-state index in [1.807, 2.05) is 48.5 Å². The minimum atomic E-state index is -0.598. The molecule has 0 bridgehead atoms. The van der Waals surface area contributed by atoms with E-state index in [9.17, 15) is 9.59 Å². The standard InChI is InChI=1S/C23H29N3O2/c27-22(20-11-5-2-6-12-20)26-21(16-18-8-3-1-4-9-18)23(28)25-15-13-19-10-7-14-24-17-19/h1-6,8-9,11-12,19,21,24H,7,10,13-17H2,(H,25,28)(H,26,27)/t19-,21-/m0/s1. The van der Waals surface area contributed by atoms with Gasteiger partial charge in [-0.2, -0.15) is 0 Å². The quantitative estimate of drug-likeness (QED) is 0.660. The molecular formula is C23H29N3O2. The minimum Gasteiger partial charge on any atom is -0.354 e. The van der Waals surface area contributed by atoms with Gasteiger partial charge in [0.25, 0.3) is 5.91 Å². The molecule has 1 aliphatic rings. The van der Waals surface area contributed by atoms with Crippen LogP contribution in [-0.2, 0) is 11.2 Å². The summed E-state index contributed by atoms with van der Waals surface area (Å²) in [5.41, 5.74) is 1.58. The molecule has 28 heavy (non-hydrogen) atoms. The van der Waals surface area contributed by atoms with Crippen LogP contribution in [0, 0.1) is 5.92 Å². The van der Waals surface area contributed by atoms with Crippen molar-refractivity contribution in [1.82, 2.24) is 16.0 Å². The van der Waals surface area contributed by atoms with E-state index >= 15 is 0 Å². The zero-order valence-electron chi connectivity index (χ0n) is 16.2. The van der Waals surface area contributed by atoms with Crippen molar-refractivity contribution in [3.05, 3.63) is 71.8 Å². The first-order chi connectivity index (χ1) is 13.7. The number of carbonyl (C=O) groups is 2. The number of piperidine rings is 1. The highest BCUT2D eigenvalue weighted by Crippen LogP contribution is 2.13. The molecule has 2 aromatic carbocycles. The van der Waals surface area contributed by atoms with Gasteiger partial charge in [-0.3, -0.25) is 9.59 Å². The molecule has 1 aliphatic heterocycles. The highest BCUT2D eigenvalue weighted by atomic mass is 16.2. The number of nitrogens with one attached hydrogen (secondary N) is 3. The SMILES string of the molecule is O=C(N[C@@H](Cc1ccccc1)C(=O)NCC[C@@H]1CCCNC1)c1ccccc1. The molecule has 1 heterocycles. The summed E-state index contributed by atoms with van der Waals surface area (Å²) in [5.74, 6) is 0.255. The number of amides is 2. The van der Waals surface area contributed by atoms with Gasteiger partial charge in [0.2, 0.25) is 5.91 Å². The van der Waals surface area contributed by atoms with Gasteiger partial charge in [-0.25, -0.2) is 0 Å². The third kappa shape index (κ3) is 6.20. The zero-order chi connectivity index (χ0) is 19.6. The molecular weight excluding hydrogens is 350 g/mol. The summed E-state index contributed by atoms with van der Waals surface area (Å²) in [7, 11) is 0. The number of benzene rings is 2. The van der Waals surface area contributed by atoms with Crippen LogP contribution in [0.3, 0.4) is 0 Å². The summed E-state index contributed by atoms with van der Waals surface area (Å²) in [6.07, 6.45) is 3.84. The first-order valence-corrected chi connectivity index (χ1v) is 10.1. The largest absolute Gasteiger partial charge is 0.354 e. The van der Waals surface area contributed by atoms with Gasteiger partial charge < -0.3 is 16.0 Å². The molecule has 5 heteroatoms. The normalized spacial score (nSPS) is 17.5. The van der Waals surface area contributed by atoms with Gasteiger partial charge in [0.1, 0.15) is 6.04 Å². The van der Waals surface area contributed by atoms with Gasteiger partial charge in [0.05, 0.1) is 0 Å². The lowest BCUT2D eigenvalue weighted by molar-refractivity contribution is -0.123. The Labute approximate surface area is 166 Å². The third-order valence-electron chi connectivity index (χ3n) is 5.19. The van der Waals surface area contributed by atoms with Gasteiger partial charge in [0.15, 0.2) is 0 Å². The molecule has 0 aromatic heterocycles. The maximum Gasteiger partial charge on any atom is 0.251 e. The van der Waals surface area contributed by atoms with Crippen molar-refractivity contribution >= 4 is 11.8 Å². The van der Waals surface area contributed by atoms with E-state index in [1.165, 1.54) is 12.8 Å². The van der Waals surface area contributed by atoms with Crippen LogP contribution in [0.15, 0.2) is 60.7 Å². The second-order valence-electron chi connectivity index (χ2n) is 7.37. The molecule has 0 radical (unpaired) electrons. The van der Waals surface area contributed by atoms with Crippen LogP contribution < -0.4 is 16.0 Å². The molecule has 148 valence electrons. The molecule has 0 spiro atoms. The van der Waals surface area contributed by atoms with Gasteiger partial charge in [-0.15, -0.1) is 0 Å². The molecule has 5 nitrogen and oxygen atoms in total. The Kier molecular flexibility index (Phi) is 7.62. The molecule has 3 rings (SSSR count). The van der Waals surface area contributed by atoms with Crippen LogP contribution in [0.1, 0.15) is 35.2 Å². The Morgan fingerprint density at radius 2 is 1.75 bits per heavy atom. The highest BCUT2D eigenvalue weighted by Gasteiger charge is 2.22. The Morgan fingerprint density at radius 3 is 2.43 bits per heavy atom. The second-order valence-corrected chi connectivity index (χ2v) is 7.37. The maximum atomic E-state index is 12.8. The van der Waals surface area contributed by atoms with Crippen LogP contribution in [0.25, 0.3) is 0 Å². The van der Waals surface area contributed by atoms with Crippen molar-refractivity contribution in [1.29, 1.82) is 0 Å². The number of hydrogen-bond acceptors (Lipinski definition) is 3. The smallest absolute Gasteiger partial charge is 0.251 e. The number of carbonyl (C=O) groups excluding carboxylic acids is 2. The molecule has 2 aromatic rings. The molecule has 2 atom stereocenters. The van der Waals surface area contributed by atoms with E-state index in [0.29, 0.717) is 24.4 Å². The lowest BCUT2D eigenvalue weighted by atomic mass is 9.96. The number of rotatable bonds is 8. The zero-order valence-corrected chi connectivity index (χ0v) is 16.2. The van der Waals surface area contributed by atoms with Gasteiger partial charge in [-0.1, -0.05) is 48.5 Å². The van der Waals surface area contributed by atoms with E-state index in [0.717, 1.165) is 25.1 Å². The average molecular weight is 380 g/mol. The Bertz CT molecular complexity index is 743. The maximum absolute atomic E-state index is 12.8. The summed E-state index contributed by atoms with van der Waals surface area (Å²) in [5, 5.41) is 9.34. The van der Waals surface area contributed by atoms with Crippen molar-refractivity contribution in [3.8, 4) is 0 Å². The fourth-order valence-corrected chi connectivity index (χ4v) is 3.58. The van der Waals surface area contributed by atoms with E-state index in [2.05, 4.69) is 16.0 Å². The molecule has 0 unspecified atom stereocenters. The molecule has 3 N–H and O–H groups in total. The highest BCUT2D eigenvalue weighted by molar-refractivity contribution is 5.97. The summed E-state index contributed by atoms with van der Waals surface area (Å²) in [6.45, 7) is 2.75. The van der Waals surface area contributed by atoms with Gasteiger partial charge in [0, 0.05) is 18.5 Å². The average Bonchev–Trinajstić information content (AvgIpc) is 2.75. The first kappa shape index (κ1) is 20.1. The molecule has 2 amide bonds. The fraction of sp³-hybridized carbons (Fsp3) is 0.391. The third-order valence-corrected chi connectivity index (χ3v) is 5.19. The van der Waals surface area contributed by atoms with E-state index < -0.39 is 6.04 Å². The lowest BCUT2D eigenvalue weighted by Crippen LogP contribution is -2.48. The Hall–Kier alpha value is -2.66. The van der Waals surface area contributed by atoms with E-state index in [-0.39, 0.29) is 11.8 Å². The molecule has 1 saturated heterocycles. The summed E-state index contributed by atoms with van der Waals surface area (Å²) in [6, 6.07) is 18.2. The van der Waals surface area contributed by atoms with Crippen molar-refractivity contribution < 1.29 is 9.59 Å². The molecule has 0 aliphatic carbocycles. The van der Waals surface area contributed by atoms with Gasteiger partial charge in [-0.05, 0) is 56.0 Å². The van der Waals surface area contributed by atoms with Crippen molar-refractivity contribution in [2.75, 3.05) is 19.6 Å². The monoisotopic (exact) mass is 379 g/mol. The fourth-order valence-electron chi connectivity index (χ4n) is 3.58. The first-order valence-electron chi connectivity index (χ1n) is 10.1. The van der Waals surface area contributed by atoms with Crippen LogP contribution in [0.5, 0.6) is 0 Å². The van der Waals surface area contributed by atoms with Crippen molar-refractivity contribution in [2.24, 2.45) is 5.92 Å². The lowest BCUT2D eigenvalue weighted by Gasteiger charge is -2.23. The summed E-state index contributed by atoms with van der Waals surface area (Å²) < 4.78 is 0. The van der Waals surface area contributed by atoms with E-state index in [1.54, 1.807) is 12.1 Å². The topological polar surface area (TPSA) is 70.2 Å². The predicted molar refractivity (Wildman–Crippen MR) is 111 cm³/mol. The van der Waals surface area contributed by atoms with Crippen LogP contribution in [0.4, 0.5) is 0 Å². The van der Waals surface area contributed by atoms with Crippen LogP contribution >= 0.6 is 0 Å². The van der Waals surface area contributed by atoms with Crippen LogP contribution in [-0.4, -0.2) is 37.5 Å². The summed E-state index contributed by atoms with van der Waals surface area (Å²) in [4.78, 5) is 25.4. The summed E-state index contributed by atoms with van der Waals surface area (Å²) >= 11 is 0. The van der Waals surface area contributed by atoms with Crippen molar-refractivity contribution in [3.63, 3.8) is 0 Å².